The summed E-state index contributed by atoms with van der Waals surface area (Å²) in [6.45, 7) is 4.82. The maximum atomic E-state index is 12.1. The first-order valence-electron chi connectivity index (χ1n) is 7.67. The van der Waals surface area contributed by atoms with Gasteiger partial charge in [0.1, 0.15) is 6.04 Å². The van der Waals surface area contributed by atoms with Gasteiger partial charge in [-0.2, -0.15) is 18.2 Å². The molecule has 2 N–H and O–H groups in total. The number of alkyl halides is 3. The fourth-order valence-corrected chi connectivity index (χ4v) is 2.01. The minimum Gasteiger partial charge on any atom is -0.475 e. The number of likely N-dealkylation sites (tertiary alicyclic amines) is 1. The number of hydrogen-bond donors (Lipinski definition) is 2. The first-order valence-corrected chi connectivity index (χ1v) is 7.67. The second kappa shape index (κ2) is 8.67. The van der Waals surface area contributed by atoms with E-state index in [9.17, 15) is 18.0 Å². The Morgan fingerprint density at radius 3 is 2.48 bits per heavy atom. The van der Waals surface area contributed by atoms with Gasteiger partial charge in [0.05, 0.1) is 0 Å². The minimum atomic E-state index is -5.08. The van der Waals surface area contributed by atoms with E-state index in [1.54, 1.807) is 4.90 Å². The quantitative estimate of drug-likeness (QED) is 0.844. The molecule has 0 saturated carbocycles. The molecule has 1 fully saturated rings. The fraction of sp³-hybridized carbons (Fsp3) is 0.714. The van der Waals surface area contributed by atoms with Crippen molar-refractivity contribution in [1.29, 1.82) is 0 Å². The summed E-state index contributed by atoms with van der Waals surface area (Å²) in [4.78, 5) is 26.9. The number of carboxylic acids is 1. The average molecular weight is 366 g/mol. The highest BCUT2D eigenvalue weighted by atomic mass is 19.4. The molecule has 1 aliphatic rings. The van der Waals surface area contributed by atoms with Gasteiger partial charge in [-0.3, -0.25) is 4.79 Å². The second-order valence-corrected chi connectivity index (χ2v) is 5.87. The maximum Gasteiger partial charge on any atom is 0.490 e. The van der Waals surface area contributed by atoms with Crippen molar-refractivity contribution in [1.82, 2.24) is 15.0 Å². The number of nitrogens with one attached hydrogen (secondary N) is 1. The van der Waals surface area contributed by atoms with E-state index in [2.05, 4.69) is 15.5 Å². The van der Waals surface area contributed by atoms with E-state index in [1.807, 2.05) is 20.9 Å². The summed E-state index contributed by atoms with van der Waals surface area (Å²) >= 11 is 0. The van der Waals surface area contributed by atoms with Crippen LogP contribution in [-0.4, -0.2) is 57.8 Å². The van der Waals surface area contributed by atoms with E-state index < -0.39 is 12.1 Å². The lowest BCUT2D eigenvalue weighted by atomic mass is 10.1. The van der Waals surface area contributed by atoms with Crippen molar-refractivity contribution in [2.75, 3.05) is 18.9 Å². The molecule has 0 aromatic carbocycles. The summed E-state index contributed by atoms with van der Waals surface area (Å²) < 4.78 is 36.8. The van der Waals surface area contributed by atoms with Gasteiger partial charge in [0.2, 0.25) is 5.91 Å². The summed E-state index contributed by atoms with van der Waals surface area (Å²) in [5.41, 5.74) is 0. The van der Waals surface area contributed by atoms with Gasteiger partial charge < -0.3 is 19.8 Å². The van der Waals surface area contributed by atoms with Crippen molar-refractivity contribution < 1.29 is 32.4 Å². The molecule has 1 aromatic rings. The van der Waals surface area contributed by atoms with Crippen LogP contribution in [0.4, 0.5) is 19.2 Å². The summed E-state index contributed by atoms with van der Waals surface area (Å²) in [5, 5.41) is 14.0. The second-order valence-electron chi connectivity index (χ2n) is 5.87. The van der Waals surface area contributed by atoms with E-state index in [1.165, 1.54) is 0 Å². The van der Waals surface area contributed by atoms with E-state index in [0.29, 0.717) is 11.8 Å². The van der Waals surface area contributed by atoms with E-state index in [-0.39, 0.29) is 17.9 Å². The standard InChI is InChI=1S/C12H20N4O2.C2HF3O2/c1-8(2)10-14-12(18-15-10)13-9-6-4-5-7-16(3)11(9)17;3-2(4,5)1(6)7/h8-9H,4-7H2,1-3H3,(H,13,14,15);(H,6,7)/t9-;/m1./s1. The predicted molar refractivity (Wildman–Crippen MR) is 81.0 cm³/mol. The van der Waals surface area contributed by atoms with Crippen LogP contribution in [0.25, 0.3) is 0 Å². The average Bonchev–Trinajstić information content (AvgIpc) is 2.91. The van der Waals surface area contributed by atoms with E-state index in [0.717, 1.165) is 25.8 Å². The molecule has 8 nitrogen and oxygen atoms in total. The first-order chi connectivity index (χ1) is 11.5. The number of carboxylic acid groups (broad SMARTS) is 1. The molecule has 0 radical (unpaired) electrons. The summed E-state index contributed by atoms with van der Waals surface area (Å²) in [6, 6.07) is 0.0883. The largest absolute Gasteiger partial charge is 0.490 e. The highest BCUT2D eigenvalue weighted by Crippen LogP contribution is 2.17. The number of nitrogens with zero attached hydrogens (tertiary/aromatic N) is 3. The van der Waals surface area contributed by atoms with Crippen LogP contribution in [0.15, 0.2) is 4.52 Å². The highest BCUT2D eigenvalue weighted by molar-refractivity contribution is 5.84. The van der Waals surface area contributed by atoms with Gasteiger partial charge in [-0.05, 0) is 19.3 Å². The number of rotatable bonds is 3. The molecule has 1 atom stereocenters. The number of carbonyl (C=O) groups excluding carboxylic acids is 1. The maximum absolute atomic E-state index is 12.1. The molecular weight excluding hydrogens is 345 g/mol. The molecule has 1 amide bonds. The molecule has 2 heterocycles. The highest BCUT2D eigenvalue weighted by Gasteiger charge is 2.38. The van der Waals surface area contributed by atoms with Crippen LogP contribution >= 0.6 is 0 Å². The van der Waals surface area contributed by atoms with Gasteiger partial charge >= 0.3 is 18.2 Å². The number of aromatic nitrogens is 2. The zero-order chi connectivity index (χ0) is 19.2. The molecule has 0 aliphatic carbocycles. The Bertz CT molecular complexity index is 589. The van der Waals surface area contributed by atoms with Crippen molar-refractivity contribution >= 4 is 17.9 Å². The number of likely N-dealkylation sites (N-methyl/N-ethyl adjacent to an activating group) is 1. The van der Waals surface area contributed by atoms with Gasteiger partial charge in [0.15, 0.2) is 5.82 Å². The summed E-state index contributed by atoms with van der Waals surface area (Å²) in [7, 11) is 1.83. The van der Waals surface area contributed by atoms with Gasteiger partial charge in [-0.15, -0.1) is 0 Å². The predicted octanol–water partition coefficient (Wildman–Crippen LogP) is 2.25. The zero-order valence-electron chi connectivity index (χ0n) is 14.1. The lowest BCUT2D eigenvalue weighted by Crippen LogP contribution is -2.39. The Morgan fingerprint density at radius 2 is 2.00 bits per heavy atom. The number of aliphatic carboxylic acids is 1. The van der Waals surface area contributed by atoms with Crippen molar-refractivity contribution in [2.45, 2.75) is 51.2 Å². The monoisotopic (exact) mass is 366 g/mol. The van der Waals surface area contributed by atoms with Gasteiger partial charge in [0.25, 0.3) is 0 Å². The molecule has 1 saturated heterocycles. The van der Waals surface area contributed by atoms with Crippen LogP contribution in [-0.2, 0) is 9.59 Å². The van der Waals surface area contributed by atoms with E-state index >= 15 is 0 Å². The Morgan fingerprint density at radius 1 is 1.40 bits per heavy atom. The number of hydrogen-bond acceptors (Lipinski definition) is 6. The normalized spacial score (nSPS) is 18.4. The molecule has 0 bridgehead atoms. The Hall–Kier alpha value is -2.33. The molecule has 0 spiro atoms. The lowest BCUT2D eigenvalue weighted by molar-refractivity contribution is -0.192. The van der Waals surface area contributed by atoms with E-state index in [4.69, 9.17) is 14.4 Å². The third-order valence-corrected chi connectivity index (χ3v) is 3.41. The van der Waals surface area contributed by atoms with Crippen molar-refractivity contribution in [3.8, 4) is 0 Å². The number of amides is 1. The van der Waals surface area contributed by atoms with Crippen molar-refractivity contribution in [3.05, 3.63) is 5.82 Å². The summed E-state index contributed by atoms with van der Waals surface area (Å²) in [6.07, 6.45) is -2.21. The third-order valence-electron chi connectivity index (χ3n) is 3.41. The van der Waals surface area contributed by atoms with Gasteiger partial charge in [0, 0.05) is 19.5 Å². The van der Waals surface area contributed by atoms with Gasteiger partial charge in [-0.25, -0.2) is 4.79 Å². The van der Waals surface area contributed by atoms with Crippen LogP contribution < -0.4 is 5.32 Å². The Balaban J connectivity index is 0.000000381. The lowest BCUT2D eigenvalue weighted by Gasteiger charge is -2.19. The van der Waals surface area contributed by atoms with Crippen LogP contribution in [0.5, 0.6) is 0 Å². The van der Waals surface area contributed by atoms with Crippen molar-refractivity contribution in [2.24, 2.45) is 0 Å². The summed E-state index contributed by atoms with van der Waals surface area (Å²) in [5.74, 6) is -1.78. The molecule has 1 aliphatic heterocycles. The SMILES string of the molecule is CC(C)c1noc(N[C@@H]2CCCCN(C)C2=O)n1.O=C(O)C(F)(F)F. The first kappa shape index (κ1) is 20.7. The third kappa shape index (κ3) is 6.59. The number of carbonyl (C=O) groups is 2. The fourth-order valence-electron chi connectivity index (χ4n) is 2.01. The molecule has 2 rings (SSSR count). The number of halogens is 3. The molecule has 11 heteroatoms. The van der Waals surface area contributed by atoms with Crippen LogP contribution in [0.3, 0.4) is 0 Å². The Labute approximate surface area is 142 Å². The molecular formula is C14H21F3N4O4. The zero-order valence-corrected chi connectivity index (χ0v) is 14.1. The van der Waals surface area contributed by atoms with Crippen LogP contribution in [0, 0.1) is 0 Å². The van der Waals surface area contributed by atoms with Crippen molar-refractivity contribution in [3.63, 3.8) is 0 Å². The minimum absolute atomic E-state index is 0.0943. The van der Waals surface area contributed by atoms with Crippen LogP contribution in [0.2, 0.25) is 0 Å². The molecule has 1 aromatic heterocycles. The van der Waals surface area contributed by atoms with Crippen LogP contribution in [0.1, 0.15) is 44.9 Å². The Kier molecular flexibility index (Phi) is 7.19. The number of anilines is 1. The topological polar surface area (TPSA) is 109 Å². The molecule has 142 valence electrons. The molecule has 25 heavy (non-hydrogen) atoms. The smallest absolute Gasteiger partial charge is 0.475 e. The van der Waals surface area contributed by atoms with Gasteiger partial charge in [-0.1, -0.05) is 19.0 Å². The molecule has 0 unspecified atom stereocenters.